The van der Waals surface area contributed by atoms with E-state index >= 15 is 0 Å². The van der Waals surface area contributed by atoms with Crippen LogP contribution in [-0.4, -0.2) is 72.7 Å². The van der Waals surface area contributed by atoms with E-state index in [4.69, 9.17) is 16.3 Å². The average molecular weight is 445 g/mol. The number of aromatic nitrogens is 1. The number of anilines is 1. The Kier molecular flexibility index (Phi) is 6.39. The van der Waals surface area contributed by atoms with Gasteiger partial charge in [0.15, 0.2) is 0 Å². The maximum atomic E-state index is 13.3. The number of carbonyl (C=O) groups is 1. The fraction of sp³-hybridized carbons (Fsp3) is 0.625. The highest BCUT2D eigenvalue weighted by molar-refractivity contribution is 6.32. The van der Waals surface area contributed by atoms with Crippen molar-refractivity contribution in [1.82, 2.24) is 14.8 Å². The number of nitrogens with zero attached hydrogens (tertiary/aromatic N) is 2. The minimum Gasteiger partial charge on any atom is -0.381 e. The van der Waals surface area contributed by atoms with Crippen LogP contribution in [0.3, 0.4) is 0 Å². The fourth-order valence-electron chi connectivity index (χ4n) is 5.34. The van der Waals surface area contributed by atoms with Crippen molar-refractivity contribution in [2.24, 2.45) is 5.92 Å². The molecule has 5 rings (SSSR count). The smallest absolute Gasteiger partial charge is 0.270 e. The van der Waals surface area contributed by atoms with Crippen molar-refractivity contribution in [3.8, 4) is 0 Å². The van der Waals surface area contributed by atoms with Crippen LogP contribution in [0.5, 0.6) is 0 Å². The summed E-state index contributed by atoms with van der Waals surface area (Å²) in [5.74, 6) is 0.692. The number of H-pyrrole nitrogens is 1. The number of rotatable bonds is 5. The Hall–Kier alpha value is -1.76. The number of hydrogen-bond donors (Lipinski definition) is 2. The molecule has 3 aliphatic heterocycles. The van der Waals surface area contributed by atoms with Gasteiger partial charge in [-0.25, -0.2) is 0 Å². The Balaban J connectivity index is 1.28. The summed E-state index contributed by atoms with van der Waals surface area (Å²) in [5.41, 5.74) is 2.59. The van der Waals surface area contributed by atoms with E-state index in [1.165, 1.54) is 32.4 Å². The molecule has 1 aromatic carbocycles. The Labute approximate surface area is 189 Å². The number of nitrogens with one attached hydrogen (secondary N) is 2. The SMILES string of the molecule is O=C(c1cc2cc(Cl)cc(NC3CCOCC3)c2[nH]1)N1CCC(CN2CCCCC2)C1. The molecule has 1 atom stereocenters. The van der Waals surface area contributed by atoms with Crippen molar-refractivity contribution in [2.75, 3.05) is 51.3 Å². The minimum absolute atomic E-state index is 0.102. The van der Waals surface area contributed by atoms with Crippen molar-refractivity contribution in [3.05, 3.63) is 28.9 Å². The molecule has 0 saturated carbocycles. The van der Waals surface area contributed by atoms with Gasteiger partial charge in [-0.3, -0.25) is 4.79 Å². The molecule has 6 nitrogen and oxygen atoms in total. The molecular formula is C24H33ClN4O2. The minimum atomic E-state index is 0.102. The summed E-state index contributed by atoms with van der Waals surface area (Å²) in [6.45, 7) is 6.84. The first kappa shape index (κ1) is 21.1. The molecule has 0 spiro atoms. The summed E-state index contributed by atoms with van der Waals surface area (Å²) in [6, 6.07) is 6.21. The average Bonchev–Trinajstić information content (AvgIpc) is 3.42. The number of carbonyl (C=O) groups excluding carboxylic acids is 1. The summed E-state index contributed by atoms with van der Waals surface area (Å²) in [7, 11) is 0. The number of hydrogen-bond acceptors (Lipinski definition) is 4. The molecule has 3 fully saturated rings. The van der Waals surface area contributed by atoms with Crippen LogP contribution in [0.25, 0.3) is 10.9 Å². The molecule has 168 valence electrons. The van der Waals surface area contributed by atoms with Crippen LogP contribution in [0.15, 0.2) is 18.2 Å². The van der Waals surface area contributed by atoms with E-state index in [0.29, 0.717) is 22.7 Å². The number of amides is 1. The standard InChI is InChI=1S/C24H33ClN4O2/c25-19-12-18-13-22(27-23(18)21(14-19)26-20-5-10-31-11-6-20)24(30)29-9-4-17(16-29)15-28-7-2-1-3-8-28/h12-14,17,20,26-27H,1-11,15-16H2. The van der Waals surface area contributed by atoms with Gasteiger partial charge in [-0.05, 0) is 69.3 Å². The van der Waals surface area contributed by atoms with Crippen molar-refractivity contribution < 1.29 is 9.53 Å². The number of halogens is 1. The molecule has 1 unspecified atom stereocenters. The third-order valence-corrected chi connectivity index (χ3v) is 7.26. The van der Waals surface area contributed by atoms with Crippen LogP contribution in [-0.2, 0) is 4.74 Å². The molecule has 1 amide bonds. The fourth-order valence-corrected chi connectivity index (χ4v) is 5.57. The predicted octanol–water partition coefficient (Wildman–Crippen LogP) is 4.36. The van der Waals surface area contributed by atoms with Crippen molar-refractivity contribution >= 4 is 34.1 Å². The summed E-state index contributed by atoms with van der Waals surface area (Å²) in [6.07, 6.45) is 7.06. The van der Waals surface area contributed by atoms with Crippen LogP contribution in [0.4, 0.5) is 5.69 Å². The molecular weight excluding hydrogens is 412 g/mol. The van der Waals surface area contributed by atoms with Gasteiger partial charge in [-0.2, -0.15) is 0 Å². The first-order valence-electron chi connectivity index (χ1n) is 11.8. The van der Waals surface area contributed by atoms with Crippen molar-refractivity contribution in [2.45, 2.75) is 44.6 Å². The number of aromatic amines is 1. The summed E-state index contributed by atoms with van der Waals surface area (Å²) < 4.78 is 5.47. The van der Waals surface area contributed by atoms with E-state index in [9.17, 15) is 4.79 Å². The van der Waals surface area contributed by atoms with Crippen LogP contribution >= 0.6 is 11.6 Å². The molecule has 0 bridgehead atoms. The number of piperidine rings is 1. The largest absolute Gasteiger partial charge is 0.381 e. The molecule has 0 radical (unpaired) electrons. The quantitative estimate of drug-likeness (QED) is 0.719. The van der Waals surface area contributed by atoms with Gasteiger partial charge >= 0.3 is 0 Å². The molecule has 3 aliphatic rings. The summed E-state index contributed by atoms with van der Waals surface area (Å²) in [4.78, 5) is 21.3. The van der Waals surface area contributed by atoms with Crippen molar-refractivity contribution in [1.29, 1.82) is 0 Å². The molecule has 31 heavy (non-hydrogen) atoms. The molecule has 2 aromatic rings. The van der Waals surface area contributed by atoms with Gasteiger partial charge in [0.05, 0.1) is 11.2 Å². The molecule has 3 saturated heterocycles. The highest BCUT2D eigenvalue weighted by atomic mass is 35.5. The normalized spacial score (nSPS) is 23.5. The Morgan fingerprint density at radius 1 is 1.10 bits per heavy atom. The third kappa shape index (κ3) is 4.86. The second-order valence-corrected chi connectivity index (χ2v) is 9.84. The van der Waals surface area contributed by atoms with Crippen LogP contribution in [0.1, 0.15) is 49.0 Å². The highest BCUT2D eigenvalue weighted by Crippen LogP contribution is 2.31. The van der Waals surface area contributed by atoms with E-state index in [0.717, 1.165) is 68.7 Å². The van der Waals surface area contributed by atoms with E-state index < -0.39 is 0 Å². The molecule has 0 aliphatic carbocycles. The lowest BCUT2D eigenvalue weighted by Crippen LogP contribution is -2.36. The van der Waals surface area contributed by atoms with Crippen LogP contribution in [0, 0.1) is 5.92 Å². The van der Waals surface area contributed by atoms with Gasteiger partial charge in [0.2, 0.25) is 0 Å². The van der Waals surface area contributed by atoms with Gasteiger partial charge in [0.25, 0.3) is 5.91 Å². The zero-order valence-corrected chi connectivity index (χ0v) is 18.9. The summed E-state index contributed by atoms with van der Waals surface area (Å²) in [5, 5.41) is 5.28. The van der Waals surface area contributed by atoms with Gasteiger partial charge < -0.3 is 24.8 Å². The predicted molar refractivity (Wildman–Crippen MR) is 125 cm³/mol. The van der Waals surface area contributed by atoms with Gasteiger partial charge in [0, 0.05) is 49.3 Å². The van der Waals surface area contributed by atoms with Crippen LogP contribution in [0.2, 0.25) is 5.02 Å². The monoisotopic (exact) mass is 444 g/mol. The molecule has 4 heterocycles. The Morgan fingerprint density at radius 2 is 1.90 bits per heavy atom. The Bertz CT molecular complexity index is 918. The van der Waals surface area contributed by atoms with E-state index in [-0.39, 0.29) is 5.91 Å². The van der Waals surface area contributed by atoms with Gasteiger partial charge in [-0.15, -0.1) is 0 Å². The number of benzene rings is 1. The maximum Gasteiger partial charge on any atom is 0.270 e. The lowest BCUT2D eigenvalue weighted by molar-refractivity contribution is 0.0777. The first-order valence-corrected chi connectivity index (χ1v) is 12.2. The molecule has 7 heteroatoms. The number of likely N-dealkylation sites (tertiary alicyclic amines) is 2. The molecule has 2 N–H and O–H groups in total. The summed E-state index contributed by atoms with van der Waals surface area (Å²) >= 11 is 6.39. The second kappa shape index (κ2) is 9.39. The van der Waals surface area contributed by atoms with E-state index in [1.54, 1.807) is 0 Å². The second-order valence-electron chi connectivity index (χ2n) is 9.40. The topological polar surface area (TPSA) is 60.6 Å². The van der Waals surface area contributed by atoms with Gasteiger partial charge in [0.1, 0.15) is 5.69 Å². The number of ether oxygens (including phenoxy) is 1. The van der Waals surface area contributed by atoms with E-state index in [1.807, 2.05) is 23.1 Å². The van der Waals surface area contributed by atoms with E-state index in [2.05, 4.69) is 15.2 Å². The van der Waals surface area contributed by atoms with Gasteiger partial charge in [-0.1, -0.05) is 18.0 Å². The first-order chi connectivity index (χ1) is 15.2. The van der Waals surface area contributed by atoms with Crippen molar-refractivity contribution in [3.63, 3.8) is 0 Å². The zero-order valence-electron chi connectivity index (χ0n) is 18.2. The third-order valence-electron chi connectivity index (χ3n) is 7.04. The lowest BCUT2D eigenvalue weighted by Gasteiger charge is -2.28. The number of fused-ring (bicyclic) bond motifs is 1. The maximum absolute atomic E-state index is 13.3. The Morgan fingerprint density at radius 3 is 2.71 bits per heavy atom. The highest BCUT2D eigenvalue weighted by Gasteiger charge is 2.29. The lowest BCUT2D eigenvalue weighted by atomic mass is 10.1. The molecule has 1 aromatic heterocycles. The van der Waals surface area contributed by atoms with Crippen LogP contribution < -0.4 is 5.32 Å². The zero-order chi connectivity index (χ0) is 21.2.